The van der Waals surface area contributed by atoms with Gasteiger partial charge in [-0.15, -0.1) is 0 Å². The van der Waals surface area contributed by atoms with Crippen LogP contribution in [0, 0.1) is 9.65 Å². The molecule has 12 heteroatoms. The minimum absolute atomic E-state index is 0.0854. The second kappa shape index (κ2) is 8.54. The van der Waals surface area contributed by atoms with Crippen molar-refractivity contribution in [2.45, 2.75) is 38.4 Å². The van der Waals surface area contributed by atoms with Gasteiger partial charge in [0, 0.05) is 16.5 Å². The standard InChI is InChI=1S/C19H21F2IN6O2S/c1-24-31(29,30)6-2-5-28-15(25-16-17(23)26-19(21)27-18(16)28)9-11-7-12-10(8-14(11)22)3-4-13(12)20/h7-8,13,24H,2-6,9H2,1H3,(H2,23,26,27). The zero-order chi connectivity index (χ0) is 22.3. The van der Waals surface area contributed by atoms with E-state index in [1.54, 1.807) is 4.57 Å². The molecule has 4 rings (SSSR count). The number of alkyl halides is 1. The Morgan fingerprint density at radius 2 is 2.10 bits per heavy atom. The summed E-state index contributed by atoms with van der Waals surface area (Å²) in [6.07, 6.45) is -0.148. The van der Waals surface area contributed by atoms with Crippen LogP contribution < -0.4 is 10.5 Å². The molecule has 2 aromatic heterocycles. The number of nitrogens with one attached hydrogen (secondary N) is 1. The minimum atomic E-state index is -3.39. The maximum atomic E-state index is 14.3. The smallest absolute Gasteiger partial charge is 0.312 e. The van der Waals surface area contributed by atoms with E-state index >= 15 is 0 Å². The lowest BCUT2D eigenvalue weighted by Gasteiger charge is -2.12. The van der Waals surface area contributed by atoms with Crippen LogP contribution in [0.3, 0.4) is 0 Å². The van der Waals surface area contributed by atoms with Crippen LogP contribution in [0.15, 0.2) is 12.1 Å². The molecule has 1 aliphatic carbocycles. The van der Waals surface area contributed by atoms with E-state index in [0.29, 0.717) is 24.2 Å². The molecular weight excluding hydrogens is 541 g/mol. The minimum Gasteiger partial charge on any atom is -0.382 e. The van der Waals surface area contributed by atoms with Crippen molar-refractivity contribution in [1.29, 1.82) is 0 Å². The second-order valence-electron chi connectivity index (χ2n) is 7.43. The highest BCUT2D eigenvalue weighted by Crippen LogP contribution is 2.37. The van der Waals surface area contributed by atoms with Crippen LogP contribution in [-0.2, 0) is 29.4 Å². The van der Waals surface area contributed by atoms with E-state index in [9.17, 15) is 17.2 Å². The molecule has 1 atom stereocenters. The maximum Gasteiger partial charge on any atom is 0.312 e. The fourth-order valence-electron chi connectivity index (χ4n) is 3.85. The SMILES string of the molecule is CNS(=O)(=O)CCCn1c(Cc2cc3c(cc2I)CCC3F)nc2c(N)nc(F)nc21. The number of nitrogens with zero attached hydrogens (tertiary/aromatic N) is 4. The highest BCUT2D eigenvalue weighted by Gasteiger charge is 2.24. The summed E-state index contributed by atoms with van der Waals surface area (Å²) in [6.45, 7) is 0.246. The number of anilines is 1. The second-order valence-corrected chi connectivity index (χ2v) is 10.6. The van der Waals surface area contributed by atoms with Crippen LogP contribution in [0.25, 0.3) is 11.2 Å². The lowest BCUT2D eigenvalue weighted by atomic mass is 10.0. The topological polar surface area (TPSA) is 116 Å². The Hall–Kier alpha value is -1.93. The third-order valence-corrected chi connectivity index (χ3v) is 7.89. The quantitative estimate of drug-likeness (QED) is 0.338. The summed E-state index contributed by atoms with van der Waals surface area (Å²) in [5.41, 5.74) is 8.92. The average molecular weight is 562 g/mol. The van der Waals surface area contributed by atoms with E-state index in [1.807, 2.05) is 12.1 Å². The van der Waals surface area contributed by atoms with Gasteiger partial charge in [-0.1, -0.05) is 6.07 Å². The number of aromatic nitrogens is 4. The van der Waals surface area contributed by atoms with Crippen molar-refractivity contribution in [3.05, 3.63) is 44.3 Å². The van der Waals surface area contributed by atoms with Gasteiger partial charge in [0.2, 0.25) is 10.0 Å². The summed E-state index contributed by atoms with van der Waals surface area (Å²) in [5.74, 6) is 0.346. The van der Waals surface area contributed by atoms with Crippen LogP contribution >= 0.6 is 22.6 Å². The molecule has 1 aliphatic rings. The molecule has 0 saturated carbocycles. The first-order valence-corrected chi connectivity index (χ1v) is 12.5. The van der Waals surface area contributed by atoms with Gasteiger partial charge in [-0.05, 0) is 71.7 Å². The van der Waals surface area contributed by atoms with Gasteiger partial charge in [0.05, 0.1) is 5.75 Å². The van der Waals surface area contributed by atoms with Gasteiger partial charge < -0.3 is 10.3 Å². The van der Waals surface area contributed by atoms with Gasteiger partial charge in [-0.2, -0.15) is 14.4 Å². The number of sulfonamides is 1. The molecule has 1 unspecified atom stereocenters. The largest absolute Gasteiger partial charge is 0.382 e. The summed E-state index contributed by atoms with van der Waals surface area (Å²) in [7, 11) is -2.04. The van der Waals surface area contributed by atoms with E-state index in [-0.39, 0.29) is 35.7 Å². The van der Waals surface area contributed by atoms with Crippen molar-refractivity contribution >= 4 is 49.6 Å². The molecule has 0 radical (unpaired) electrons. The molecule has 2 heterocycles. The van der Waals surface area contributed by atoms with E-state index in [0.717, 1.165) is 21.1 Å². The number of aryl methyl sites for hydroxylation is 2. The van der Waals surface area contributed by atoms with Gasteiger partial charge in [-0.25, -0.2) is 22.5 Å². The molecule has 0 bridgehead atoms. The molecule has 1 aromatic carbocycles. The molecule has 0 amide bonds. The lowest BCUT2D eigenvalue weighted by Crippen LogP contribution is -2.23. The Morgan fingerprint density at radius 3 is 2.84 bits per heavy atom. The van der Waals surface area contributed by atoms with Gasteiger partial charge >= 0.3 is 6.08 Å². The average Bonchev–Trinajstić information content (AvgIpc) is 3.23. The zero-order valence-electron chi connectivity index (χ0n) is 16.7. The normalized spacial score (nSPS) is 16.2. The number of rotatable bonds is 7. The van der Waals surface area contributed by atoms with E-state index in [2.05, 4.69) is 42.3 Å². The molecule has 3 N–H and O–H groups in total. The molecule has 8 nitrogen and oxygen atoms in total. The van der Waals surface area contributed by atoms with Crippen LogP contribution in [0.2, 0.25) is 0 Å². The van der Waals surface area contributed by atoms with Crippen molar-refractivity contribution in [3.8, 4) is 0 Å². The van der Waals surface area contributed by atoms with Gasteiger partial charge in [0.15, 0.2) is 17.0 Å². The van der Waals surface area contributed by atoms with E-state index < -0.39 is 22.3 Å². The Balaban J connectivity index is 1.73. The van der Waals surface area contributed by atoms with Crippen LogP contribution in [-0.4, -0.2) is 40.7 Å². The Morgan fingerprint density at radius 1 is 1.32 bits per heavy atom. The number of nitrogens with two attached hydrogens (primary N) is 1. The van der Waals surface area contributed by atoms with Crippen molar-refractivity contribution < 1.29 is 17.2 Å². The van der Waals surface area contributed by atoms with Crippen molar-refractivity contribution in [1.82, 2.24) is 24.2 Å². The summed E-state index contributed by atoms with van der Waals surface area (Å²) >= 11 is 2.21. The third kappa shape index (κ3) is 4.51. The van der Waals surface area contributed by atoms with Gasteiger partial charge in [0.1, 0.15) is 12.0 Å². The Bertz CT molecular complexity index is 1260. The summed E-state index contributed by atoms with van der Waals surface area (Å²) in [5, 5.41) is 0. The lowest BCUT2D eigenvalue weighted by molar-refractivity contribution is 0.343. The Labute approximate surface area is 191 Å². The van der Waals surface area contributed by atoms with Crippen molar-refractivity contribution in [3.63, 3.8) is 0 Å². The molecule has 166 valence electrons. The van der Waals surface area contributed by atoms with E-state index in [4.69, 9.17) is 5.73 Å². The predicted molar refractivity (Wildman–Crippen MR) is 121 cm³/mol. The first kappa shape index (κ1) is 22.3. The van der Waals surface area contributed by atoms with Gasteiger partial charge in [0.25, 0.3) is 0 Å². The number of nitrogen functional groups attached to an aromatic ring is 1. The van der Waals surface area contributed by atoms with Crippen LogP contribution in [0.4, 0.5) is 14.6 Å². The third-order valence-electron chi connectivity index (χ3n) is 5.44. The van der Waals surface area contributed by atoms with Crippen molar-refractivity contribution in [2.24, 2.45) is 0 Å². The first-order valence-electron chi connectivity index (χ1n) is 9.73. The number of halogens is 3. The molecule has 0 saturated heterocycles. The molecule has 3 aromatic rings. The summed E-state index contributed by atoms with van der Waals surface area (Å²) in [4.78, 5) is 11.9. The molecule has 31 heavy (non-hydrogen) atoms. The number of imidazole rings is 1. The summed E-state index contributed by atoms with van der Waals surface area (Å²) < 4.78 is 56.6. The fraction of sp³-hybridized carbons (Fsp3) is 0.421. The van der Waals surface area contributed by atoms with Crippen LogP contribution in [0.5, 0.6) is 0 Å². The van der Waals surface area contributed by atoms with E-state index in [1.165, 1.54) is 7.05 Å². The monoisotopic (exact) mass is 562 g/mol. The summed E-state index contributed by atoms with van der Waals surface area (Å²) in [6, 6.07) is 3.85. The number of fused-ring (bicyclic) bond motifs is 2. The number of hydrogen-bond acceptors (Lipinski definition) is 6. The molecular formula is C19H21F2IN6O2S. The molecule has 0 fully saturated rings. The predicted octanol–water partition coefficient (Wildman–Crippen LogP) is 2.64. The maximum absolute atomic E-state index is 14.3. The molecule has 0 aliphatic heterocycles. The number of hydrogen-bond donors (Lipinski definition) is 2. The van der Waals surface area contributed by atoms with Crippen molar-refractivity contribution in [2.75, 3.05) is 18.5 Å². The fourth-order valence-corrected chi connectivity index (χ4v) is 5.29. The Kier molecular flexibility index (Phi) is 6.14. The number of benzene rings is 1. The highest BCUT2D eigenvalue weighted by atomic mass is 127. The van der Waals surface area contributed by atoms with Crippen LogP contribution in [0.1, 0.15) is 41.5 Å². The first-order chi connectivity index (χ1) is 14.7. The zero-order valence-corrected chi connectivity index (χ0v) is 19.7. The van der Waals surface area contributed by atoms with Gasteiger partial charge in [-0.3, -0.25) is 0 Å². The highest BCUT2D eigenvalue weighted by molar-refractivity contribution is 14.1. The molecule has 0 spiro atoms.